The molecular formula is C78H80Cl2O6. The molecule has 442 valence electrons. The molecule has 16 fully saturated rings. The van der Waals surface area contributed by atoms with E-state index in [0.29, 0.717) is 66.5 Å². The third-order valence-corrected chi connectivity index (χ3v) is 28.0. The molecule has 6 nitrogen and oxygen atoms in total. The lowest BCUT2D eigenvalue weighted by molar-refractivity contribution is -0.205. The average molecular weight is 1180 g/mol. The minimum atomic E-state index is -0.983. The number of hydrogen-bond donors (Lipinski definition) is 2. The molecule has 22 rings (SSSR count). The van der Waals surface area contributed by atoms with E-state index in [2.05, 4.69) is 48.5 Å². The molecule has 0 aromatic heterocycles. The van der Waals surface area contributed by atoms with Gasteiger partial charge in [-0.15, -0.1) is 0 Å². The van der Waals surface area contributed by atoms with Crippen molar-refractivity contribution in [3.05, 3.63) is 154 Å². The fraction of sp³-hybridized carbons (Fsp3) is 0.513. The summed E-state index contributed by atoms with van der Waals surface area (Å²) in [4.78, 5) is 24.1. The Morgan fingerprint density at radius 3 is 1.23 bits per heavy atom. The van der Waals surface area contributed by atoms with Crippen LogP contribution >= 0.6 is 23.2 Å². The number of benzene rings is 6. The molecule has 4 unspecified atom stereocenters. The maximum absolute atomic E-state index is 12.1. The van der Waals surface area contributed by atoms with Gasteiger partial charge in [-0.3, -0.25) is 0 Å². The first kappa shape index (κ1) is 53.5. The molecule has 6 aromatic rings. The molecule has 16 aliphatic carbocycles. The van der Waals surface area contributed by atoms with E-state index in [1.165, 1.54) is 152 Å². The number of ether oxygens (including phenoxy) is 2. The second-order valence-electron chi connectivity index (χ2n) is 32.0. The molecule has 86 heavy (non-hydrogen) atoms. The zero-order valence-corrected chi connectivity index (χ0v) is 51.1. The predicted molar refractivity (Wildman–Crippen MR) is 339 cm³/mol. The summed E-state index contributed by atoms with van der Waals surface area (Å²) < 4.78 is 13.8. The van der Waals surface area contributed by atoms with Crippen molar-refractivity contribution in [2.24, 2.45) is 80.8 Å². The smallest absolute Gasteiger partial charge is 0.335 e. The third-order valence-electron chi connectivity index (χ3n) is 27.1. The fourth-order valence-corrected chi connectivity index (χ4v) is 26.5. The van der Waals surface area contributed by atoms with Crippen molar-refractivity contribution in [1.29, 1.82) is 0 Å². The Morgan fingerprint density at radius 2 is 0.767 bits per heavy atom. The zero-order chi connectivity index (χ0) is 57.7. The van der Waals surface area contributed by atoms with Gasteiger partial charge in [-0.2, -0.15) is 0 Å². The number of aromatic carboxylic acids is 2. The highest BCUT2D eigenvalue weighted by Crippen LogP contribution is 2.80. The zero-order valence-electron chi connectivity index (χ0n) is 49.6. The number of carboxylic acid groups (broad SMARTS) is 2. The monoisotopic (exact) mass is 1180 g/mol. The molecule has 16 aliphatic rings. The van der Waals surface area contributed by atoms with Gasteiger partial charge in [-0.05, 0) is 346 Å². The lowest BCUT2D eigenvalue weighted by atomic mass is 9.32. The van der Waals surface area contributed by atoms with Gasteiger partial charge in [0.05, 0.1) is 21.2 Å². The van der Waals surface area contributed by atoms with Crippen molar-refractivity contribution in [2.75, 3.05) is 0 Å². The topological polar surface area (TPSA) is 93.1 Å². The highest BCUT2D eigenvalue weighted by molar-refractivity contribution is 6.45. The van der Waals surface area contributed by atoms with E-state index in [4.69, 9.17) is 32.7 Å². The van der Waals surface area contributed by atoms with Gasteiger partial charge in [0.2, 0.25) is 0 Å². The lowest BCUT2D eigenvalue weighted by Crippen LogP contribution is -2.63. The van der Waals surface area contributed by atoms with Gasteiger partial charge in [0.1, 0.15) is 23.0 Å². The molecule has 0 saturated heterocycles. The number of carbonyl (C=O) groups is 2. The van der Waals surface area contributed by atoms with E-state index in [-0.39, 0.29) is 22.0 Å². The van der Waals surface area contributed by atoms with Crippen LogP contribution in [0.5, 0.6) is 23.0 Å². The van der Waals surface area contributed by atoms with Crippen LogP contribution in [-0.2, 0) is 10.8 Å². The molecule has 2 N–H and O–H groups in total. The maximum Gasteiger partial charge on any atom is 0.335 e. The van der Waals surface area contributed by atoms with Crippen LogP contribution < -0.4 is 9.47 Å². The molecule has 4 atom stereocenters. The molecule has 8 heteroatoms. The standard InChI is InChI=1S/C78H80Cl2O6/c79-69-65(74-31-53-26-54(32-74)42-78(41-53,44-74)76-36-48-22-49(37-76)24-50(23-48)38-76)28-64(68(70(69)80)62-6-2-4-8-67(62)86-59-16-11-56(12-17-59)72(83)84)63-27-57(13-18-60(63)61-5-1-3-7-66(61)85-58-14-9-55(10-15-58)71(81)82)73-29-51-25-52(30-73)40-77(39-51,43-73)75-33-45-19-46(34-75)21-47(20-45)35-75/h1-18,27-28,45-54H,19-26,29-44H2,(H,81,82)(H,83,84). The molecule has 0 aliphatic heterocycles. The first-order chi connectivity index (χ1) is 41.6. The van der Waals surface area contributed by atoms with E-state index in [1.807, 2.05) is 24.3 Å². The quantitative estimate of drug-likeness (QED) is 0.120. The Kier molecular flexibility index (Phi) is 11.8. The molecule has 0 radical (unpaired) electrons. The third kappa shape index (κ3) is 8.07. The second-order valence-corrected chi connectivity index (χ2v) is 32.8. The van der Waals surface area contributed by atoms with Gasteiger partial charge in [0, 0.05) is 16.7 Å². The maximum atomic E-state index is 12.1. The summed E-state index contributed by atoms with van der Waals surface area (Å²) in [6, 6.07) is 40.2. The molecule has 6 aromatic carbocycles. The van der Waals surface area contributed by atoms with Crippen LogP contribution in [0, 0.1) is 80.8 Å². The van der Waals surface area contributed by atoms with Crippen LogP contribution in [0.15, 0.2) is 121 Å². The number of rotatable bonds is 13. The predicted octanol–water partition coefficient (Wildman–Crippen LogP) is 21.1. The van der Waals surface area contributed by atoms with Crippen LogP contribution in [0.3, 0.4) is 0 Å². The SMILES string of the molecule is O=C(O)c1ccc(Oc2ccccc2-c2ccc(C34CC5CC(C3)CC(C36CC7CC(CC(C7)C3)C6)(C5)C4)cc2-c2cc(C34CC5CC(C3)CC(C36CC7CC(CC(C7)C3)C6)(C5)C4)c(Cl)c(Cl)c2-c2ccccc2Oc2ccc(C(=O)O)cc2)cc1. The highest BCUT2D eigenvalue weighted by Gasteiger charge is 2.70. The first-order valence-corrected chi connectivity index (χ1v) is 34.3. The summed E-state index contributed by atoms with van der Waals surface area (Å²) >= 11 is 16.6. The van der Waals surface area contributed by atoms with Gasteiger partial charge in [0.25, 0.3) is 0 Å². The van der Waals surface area contributed by atoms with Crippen molar-refractivity contribution in [2.45, 2.75) is 165 Å². The summed E-state index contributed by atoms with van der Waals surface area (Å²) in [6.45, 7) is 0. The van der Waals surface area contributed by atoms with E-state index >= 15 is 0 Å². The molecular weight excluding hydrogens is 1100 g/mol. The largest absolute Gasteiger partial charge is 0.478 e. The van der Waals surface area contributed by atoms with Gasteiger partial charge in [-0.1, -0.05) is 71.7 Å². The van der Waals surface area contributed by atoms with Crippen molar-refractivity contribution in [3.63, 3.8) is 0 Å². The van der Waals surface area contributed by atoms with Gasteiger partial charge in [0.15, 0.2) is 0 Å². The Labute approximate surface area is 517 Å². The Balaban J connectivity index is 0.852. The summed E-state index contributed by atoms with van der Waals surface area (Å²) in [5, 5.41) is 21.0. The molecule has 0 amide bonds. The fourth-order valence-electron chi connectivity index (χ4n) is 25.9. The molecule has 16 saturated carbocycles. The normalized spacial score (nSPS) is 38.6. The Morgan fingerprint density at radius 1 is 0.372 bits per heavy atom. The molecule has 0 spiro atoms. The Hall–Kier alpha value is -5.56. The van der Waals surface area contributed by atoms with Crippen molar-refractivity contribution in [1.82, 2.24) is 0 Å². The number of carboxylic acids is 2. The van der Waals surface area contributed by atoms with E-state index < -0.39 is 11.9 Å². The average Bonchev–Trinajstić information content (AvgIpc) is 0.730. The van der Waals surface area contributed by atoms with Crippen LogP contribution in [0.1, 0.15) is 186 Å². The van der Waals surface area contributed by atoms with Gasteiger partial charge < -0.3 is 19.7 Å². The van der Waals surface area contributed by atoms with E-state index in [1.54, 1.807) is 48.5 Å². The van der Waals surface area contributed by atoms with Crippen LogP contribution in [0.2, 0.25) is 10.0 Å². The minimum absolute atomic E-state index is 0.0507. The number of hydrogen-bond acceptors (Lipinski definition) is 4. The first-order valence-electron chi connectivity index (χ1n) is 33.5. The lowest BCUT2D eigenvalue weighted by Gasteiger charge is -2.72. The van der Waals surface area contributed by atoms with Crippen molar-refractivity contribution < 1.29 is 29.3 Å². The van der Waals surface area contributed by atoms with E-state index in [0.717, 1.165) is 93.6 Å². The minimum Gasteiger partial charge on any atom is -0.478 e. The summed E-state index contributed by atoms with van der Waals surface area (Å²) in [5.74, 6) is 8.72. The summed E-state index contributed by atoms with van der Waals surface area (Å²) in [5.41, 5.74) is 10.5. The van der Waals surface area contributed by atoms with Crippen LogP contribution in [0.25, 0.3) is 33.4 Å². The van der Waals surface area contributed by atoms with Crippen molar-refractivity contribution in [3.8, 4) is 56.4 Å². The van der Waals surface area contributed by atoms with Crippen molar-refractivity contribution >= 4 is 35.1 Å². The molecule has 16 bridgehead atoms. The van der Waals surface area contributed by atoms with E-state index in [9.17, 15) is 19.8 Å². The number of para-hydroxylation sites is 2. The van der Waals surface area contributed by atoms with Gasteiger partial charge >= 0.3 is 11.9 Å². The summed E-state index contributed by atoms with van der Waals surface area (Å²) in [6.07, 6.45) is 33.1. The Bertz CT molecular complexity index is 3700. The van der Waals surface area contributed by atoms with Gasteiger partial charge in [-0.25, -0.2) is 9.59 Å². The highest BCUT2D eigenvalue weighted by atomic mass is 35.5. The second kappa shape index (κ2) is 19.0. The summed E-state index contributed by atoms with van der Waals surface area (Å²) in [7, 11) is 0. The number of halogens is 2. The van der Waals surface area contributed by atoms with Crippen LogP contribution in [-0.4, -0.2) is 22.2 Å². The molecule has 0 heterocycles. The van der Waals surface area contributed by atoms with Crippen LogP contribution in [0.4, 0.5) is 0 Å².